The van der Waals surface area contributed by atoms with Crippen LogP contribution in [0.4, 0.5) is 0 Å². The van der Waals surface area contributed by atoms with Crippen LogP contribution in [-0.4, -0.2) is 58.0 Å². The third-order valence-electron chi connectivity index (χ3n) is 6.49. The van der Waals surface area contributed by atoms with Gasteiger partial charge in [0.1, 0.15) is 17.9 Å². The minimum Gasteiger partial charge on any atom is -0.480 e. The Balaban J connectivity index is 1.60. The Labute approximate surface area is 218 Å². The van der Waals surface area contributed by atoms with E-state index in [1.165, 1.54) is 0 Å². The summed E-state index contributed by atoms with van der Waals surface area (Å²) < 4.78 is 0. The first-order chi connectivity index (χ1) is 17.7. The van der Waals surface area contributed by atoms with Crippen LogP contribution in [0.3, 0.4) is 0 Å². The number of amides is 2. The topological polar surface area (TPSA) is 133 Å². The summed E-state index contributed by atoms with van der Waals surface area (Å²) in [5.41, 5.74) is 2.51. The number of carboxylic acid groups (broad SMARTS) is 1. The van der Waals surface area contributed by atoms with Gasteiger partial charge in [-0.15, -0.1) is 0 Å². The van der Waals surface area contributed by atoms with E-state index >= 15 is 0 Å². The first kappa shape index (κ1) is 28.2. The molecule has 2 heterocycles. The largest absolute Gasteiger partial charge is 0.480 e. The summed E-state index contributed by atoms with van der Waals surface area (Å²) in [5.74, 6) is -0.578. The zero-order valence-electron chi connectivity index (χ0n) is 22.0. The summed E-state index contributed by atoms with van der Waals surface area (Å²) in [6.07, 6.45) is 3.18. The molecule has 0 unspecified atom stereocenters. The van der Waals surface area contributed by atoms with Crippen LogP contribution >= 0.6 is 0 Å². The number of nitrogens with one attached hydrogen (secondary N) is 3. The quantitative estimate of drug-likeness (QED) is 0.345. The average Bonchev–Trinajstić information content (AvgIpc) is 2.87. The van der Waals surface area contributed by atoms with Crippen molar-refractivity contribution >= 4 is 17.8 Å². The van der Waals surface area contributed by atoms with Gasteiger partial charge in [0.25, 0.3) is 0 Å². The van der Waals surface area contributed by atoms with Crippen LogP contribution in [0.15, 0.2) is 36.4 Å². The number of aliphatic carboxylic acids is 1. The number of nitrogens with zero attached hydrogens (tertiary/aromatic N) is 2. The number of hydrogen-bond donors (Lipinski definition) is 4. The smallest absolute Gasteiger partial charge is 0.326 e. The highest BCUT2D eigenvalue weighted by molar-refractivity contribution is 5.90. The van der Waals surface area contributed by atoms with Crippen molar-refractivity contribution in [3.63, 3.8) is 0 Å². The number of carbonyl (C=O) groups excluding carboxylic acids is 2. The Morgan fingerprint density at radius 2 is 1.76 bits per heavy atom. The number of hydrogen-bond acceptors (Lipinski definition) is 6. The molecule has 4 N–H and O–H groups in total. The van der Waals surface area contributed by atoms with Gasteiger partial charge in [0.15, 0.2) is 0 Å². The van der Waals surface area contributed by atoms with Crippen LogP contribution < -0.4 is 16.0 Å². The number of rotatable bonds is 12. The lowest BCUT2D eigenvalue weighted by molar-refractivity contribution is -0.142. The van der Waals surface area contributed by atoms with Crippen molar-refractivity contribution in [2.24, 2.45) is 5.92 Å². The van der Waals surface area contributed by atoms with Crippen LogP contribution in [0.2, 0.25) is 0 Å². The van der Waals surface area contributed by atoms with Crippen LogP contribution in [0, 0.1) is 12.8 Å². The van der Waals surface area contributed by atoms with E-state index in [0.29, 0.717) is 18.8 Å². The molecule has 1 aliphatic heterocycles. The Kier molecular flexibility index (Phi) is 10.6. The fraction of sp³-hybridized carbons (Fsp3) is 0.536. The first-order valence-electron chi connectivity index (χ1n) is 13.1. The van der Waals surface area contributed by atoms with Gasteiger partial charge in [-0.1, -0.05) is 44.2 Å². The van der Waals surface area contributed by atoms with Gasteiger partial charge in [-0.2, -0.15) is 0 Å². The zero-order valence-corrected chi connectivity index (χ0v) is 22.0. The molecule has 2 aromatic rings. The minimum atomic E-state index is -1.12. The van der Waals surface area contributed by atoms with Crippen molar-refractivity contribution in [2.75, 3.05) is 13.1 Å². The predicted molar refractivity (Wildman–Crippen MR) is 141 cm³/mol. The lowest BCUT2D eigenvalue weighted by atomic mass is 9.97. The number of carbonyl (C=O) groups is 3. The molecule has 2 amide bonds. The average molecular weight is 510 g/mol. The molecule has 1 aliphatic rings. The van der Waals surface area contributed by atoms with E-state index in [4.69, 9.17) is 4.98 Å². The molecule has 0 saturated carbocycles. The minimum absolute atomic E-state index is 0.130. The Hall–Kier alpha value is -3.33. The molecule has 2 atom stereocenters. The highest BCUT2D eigenvalue weighted by Gasteiger charge is 2.27. The summed E-state index contributed by atoms with van der Waals surface area (Å²) in [4.78, 5) is 47.0. The number of benzene rings is 1. The summed E-state index contributed by atoms with van der Waals surface area (Å²) in [5, 5.41) is 18.5. The van der Waals surface area contributed by atoms with Crippen LogP contribution in [-0.2, 0) is 27.2 Å². The molecule has 1 aromatic heterocycles. The zero-order chi connectivity index (χ0) is 26.8. The number of carboxylic acids is 1. The number of piperidine rings is 1. The monoisotopic (exact) mass is 509 g/mol. The van der Waals surface area contributed by atoms with Crippen LogP contribution in [0.5, 0.6) is 0 Å². The Morgan fingerprint density at radius 3 is 2.41 bits per heavy atom. The molecule has 9 nitrogen and oxygen atoms in total. The van der Waals surface area contributed by atoms with Crippen molar-refractivity contribution in [1.82, 2.24) is 25.9 Å². The molecule has 200 valence electrons. The summed E-state index contributed by atoms with van der Waals surface area (Å²) in [7, 11) is 0. The van der Waals surface area contributed by atoms with E-state index in [-0.39, 0.29) is 24.7 Å². The van der Waals surface area contributed by atoms with Gasteiger partial charge >= 0.3 is 5.97 Å². The predicted octanol–water partition coefficient (Wildman–Crippen LogP) is 2.53. The Morgan fingerprint density at radius 1 is 1.05 bits per heavy atom. The van der Waals surface area contributed by atoms with E-state index in [2.05, 4.69) is 20.9 Å². The number of aryl methyl sites for hydroxylation is 2. The van der Waals surface area contributed by atoms with Gasteiger partial charge < -0.3 is 21.1 Å². The molecular formula is C28H39N5O4. The molecule has 9 heteroatoms. The maximum atomic E-state index is 13.0. The summed E-state index contributed by atoms with van der Waals surface area (Å²) >= 11 is 0. The molecule has 0 radical (unpaired) electrons. The van der Waals surface area contributed by atoms with Gasteiger partial charge in [0.05, 0.1) is 0 Å². The summed E-state index contributed by atoms with van der Waals surface area (Å²) in [6.45, 7) is 7.75. The highest BCUT2D eigenvalue weighted by atomic mass is 16.4. The van der Waals surface area contributed by atoms with Gasteiger partial charge in [-0.25, -0.2) is 14.8 Å². The van der Waals surface area contributed by atoms with E-state index in [9.17, 15) is 19.5 Å². The maximum Gasteiger partial charge on any atom is 0.326 e. The lowest BCUT2D eigenvalue weighted by Crippen LogP contribution is -2.52. The second kappa shape index (κ2) is 13.8. The standard InChI is InChI=1S/C28H39N5O4/c1-18(2)15-23(27(35)33-24(28(36)37)17-20-7-5-4-6-8-20)32-25(34)10-9-22-16-19(3)30-26(31-22)21-11-13-29-14-12-21/h4-8,16,18,21,23-24,29H,9-15,17H2,1-3H3,(H,32,34)(H,33,35)(H,36,37)/t23-,24-/m0/s1. The van der Waals surface area contributed by atoms with E-state index < -0.39 is 24.0 Å². The van der Waals surface area contributed by atoms with Crippen molar-refractivity contribution in [3.05, 3.63) is 59.2 Å². The third kappa shape index (κ3) is 9.24. The fourth-order valence-electron chi connectivity index (χ4n) is 4.58. The molecule has 1 aromatic carbocycles. The molecule has 0 aliphatic carbocycles. The highest BCUT2D eigenvalue weighted by Crippen LogP contribution is 2.22. The van der Waals surface area contributed by atoms with Gasteiger partial charge in [0.2, 0.25) is 11.8 Å². The fourth-order valence-corrected chi connectivity index (χ4v) is 4.58. The van der Waals surface area contributed by atoms with Gasteiger partial charge in [0, 0.05) is 30.1 Å². The third-order valence-corrected chi connectivity index (χ3v) is 6.49. The SMILES string of the molecule is Cc1cc(CCC(=O)N[C@@H](CC(C)C)C(=O)N[C@@H](Cc2ccccc2)C(=O)O)nc(C2CCNCC2)n1. The molecule has 1 saturated heterocycles. The van der Waals surface area contributed by atoms with Gasteiger partial charge in [-0.05, 0) is 63.2 Å². The van der Waals surface area contributed by atoms with E-state index in [1.807, 2.05) is 57.2 Å². The van der Waals surface area contributed by atoms with Crippen molar-refractivity contribution in [2.45, 2.75) is 77.3 Å². The molecule has 3 rings (SSSR count). The Bertz CT molecular complexity index is 1050. The second-order valence-electron chi connectivity index (χ2n) is 10.2. The van der Waals surface area contributed by atoms with E-state index in [1.54, 1.807) is 0 Å². The maximum absolute atomic E-state index is 13.0. The molecule has 0 spiro atoms. The first-order valence-corrected chi connectivity index (χ1v) is 13.1. The molecular weight excluding hydrogens is 470 g/mol. The van der Waals surface area contributed by atoms with E-state index in [0.717, 1.165) is 48.7 Å². The van der Waals surface area contributed by atoms with Crippen molar-refractivity contribution in [1.29, 1.82) is 0 Å². The van der Waals surface area contributed by atoms with Crippen LogP contribution in [0.25, 0.3) is 0 Å². The molecule has 37 heavy (non-hydrogen) atoms. The van der Waals surface area contributed by atoms with Crippen molar-refractivity contribution in [3.8, 4) is 0 Å². The second-order valence-corrected chi connectivity index (χ2v) is 10.2. The van der Waals surface area contributed by atoms with Crippen LogP contribution in [0.1, 0.15) is 68.2 Å². The van der Waals surface area contributed by atoms with Gasteiger partial charge in [-0.3, -0.25) is 9.59 Å². The normalized spacial score (nSPS) is 15.7. The summed E-state index contributed by atoms with van der Waals surface area (Å²) in [6, 6.07) is 9.14. The lowest BCUT2D eigenvalue weighted by Gasteiger charge is -2.23. The molecule has 0 bridgehead atoms. The van der Waals surface area contributed by atoms with Crippen molar-refractivity contribution < 1.29 is 19.5 Å². The number of aromatic nitrogens is 2. The molecule has 1 fully saturated rings.